The first kappa shape index (κ1) is 20.1. The van der Waals surface area contributed by atoms with Crippen molar-refractivity contribution in [3.05, 3.63) is 76.3 Å². The van der Waals surface area contributed by atoms with E-state index < -0.39 is 0 Å². The van der Waals surface area contributed by atoms with Crippen molar-refractivity contribution in [2.24, 2.45) is 0 Å². The minimum Gasteiger partial charge on any atom is -0.468 e. The van der Waals surface area contributed by atoms with Gasteiger partial charge < -0.3 is 9.26 Å². The molecule has 3 heterocycles. The summed E-state index contributed by atoms with van der Waals surface area (Å²) in [6.45, 7) is 4.55. The lowest BCUT2D eigenvalue weighted by Gasteiger charge is -2.12. The number of hydrogen-bond donors (Lipinski definition) is 1. The van der Waals surface area contributed by atoms with Gasteiger partial charge in [0.05, 0.1) is 13.7 Å². The van der Waals surface area contributed by atoms with Crippen molar-refractivity contribution in [3.63, 3.8) is 0 Å². The number of H-pyrrole nitrogens is 1. The molecule has 0 fully saturated rings. The predicted molar refractivity (Wildman–Crippen MR) is 125 cm³/mol. The fourth-order valence-corrected chi connectivity index (χ4v) is 4.10. The number of rotatable bonds is 5. The Labute approximate surface area is 189 Å². The number of methoxy groups -OCH3 is 1. The van der Waals surface area contributed by atoms with E-state index in [9.17, 15) is 0 Å². The molecule has 32 heavy (non-hydrogen) atoms. The van der Waals surface area contributed by atoms with Crippen LogP contribution in [0.2, 0.25) is 0 Å². The number of imidazole rings is 1. The molecule has 2 aromatic carbocycles. The van der Waals surface area contributed by atoms with Gasteiger partial charge in [-0.25, -0.2) is 10.1 Å². The Morgan fingerprint density at radius 2 is 1.81 bits per heavy atom. The van der Waals surface area contributed by atoms with Crippen molar-refractivity contribution in [1.82, 2.24) is 24.7 Å². The van der Waals surface area contributed by atoms with Crippen LogP contribution in [0.1, 0.15) is 16.8 Å². The number of fused-ring (bicyclic) bond motifs is 1. The molecule has 0 aliphatic carbocycles. The van der Waals surface area contributed by atoms with Gasteiger partial charge in [-0.3, -0.25) is 4.57 Å². The number of pyridine rings is 1. The number of aromatic nitrogens is 5. The van der Waals surface area contributed by atoms with Crippen LogP contribution < -0.4 is 4.74 Å². The second-order valence-corrected chi connectivity index (χ2v) is 7.96. The van der Waals surface area contributed by atoms with E-state index in [1.54, 1.807) is 7.11 Å². The summed E-state index contributed by atoms with van der Waals surface area (Å²) < 4.78 is 12.8. The summed E-state index contributed by atoms with van der Waals surface area (Å²) in [6, 6.07) is 19.0. The molecule has 0 saturated heterocycles. The molecule has 0 spiro atoms. The molecule has 7 nitrogen and oxygen atoms in total. The van der Waals surface area contributed by atoms with Gasteiger partial charge >= 0.3 is 4.84 Å². The van der Waals surface area contributed by atoms with Crippen molar-refractivity contribution in [2.45, 2.75) is 20.4 Å². The van der Waals surface area contributed by atoms with Gasteiger partial charge in [-0.1, -0.05) is 42.5 Å². The first-order chi connectivity index (χ1) is 15.5. The molecule has 0 radical (unpaired) electrons. The molecule has 5 rings (SSSR count). The molecule has 3 aromatic heterocycles. The number of benzene rings is 2. The Morgan fingerprint density at radius 1 is 1.00 bits per heavy atom. The van der Waals surface area contributed by atoms with E-state index in [2.05, 4.69) is 45.5 Å². The van der Waals surface area contributed by atoms with E-state index in [4.69, 9.17) is 26.5 Å². The minimum atomic E-state index is 0.168. The summed E-state index contributed by atoms with van der Waals surface area (Å²) in [7, 11) is 1.62. The summed E-state index contributed by atoms with van der Waals surface area (Å²) in [5, 5.41) is 2.84. The van der Waals surface area contributed by atoms with Crippen molar-refractivity contribution in [3.8, 4) is 28.5 Å². The molecule has 0 bridgehead atoms. The molecule has 0 atom stereocenters. The molecule has 1 N–H and O–H groups in total. The zero-order valence-corrected chi connectivity index (χ0v) is 18.7. The molecule has 0 aliphatic rings. The van der Waals surface area contributed by atoms with E-state index in [1.807, 2.05) is 42.7 Å². The van der Waals surface area contributed by atoms with Crippen LogP contribution in [0.15, 0.2) is 59.1 Å². The van der Waals surface area contributed by atoms with Gasteiger partial charge in [0.15, 0.2) is 11.5 Å². The highest BCUT2D eigenvalue weighted by molar-refractivity contribution is 7.71. The molecule has 0 saturated carbocycles. The largest absolute Gasteiger partial charge is 0.468 e. The predicted octanol–water partition coefficient (Wildman–Crippen LogP) is 5.48. The highest BCUT2D eigenvalue weighted by Crippen LogP contribution is 2.32. The first-order valence-corrected chi connectivity index (χ1v) is 10.6. The van der Waals surface area contributed by atoms with Gasteiger partial charge in [0, 0.05) is 11.3 Å². The molecule has 5 aromatic rings. The minimum absolute atomic E-state index is 0.168. The monoisotopic (exact) mass is 443 g/mol. The third kappa shape index (κ3) is 3.58. The lowest BCUT2D eigenvalue weighted by molar-refractivity contribution is 0.363. The molecular formula is C24H21N5O2S. The zero-order chi connectivity index (χ0) is 22.2. The summed E-state index contributed by atoms with van der Waals surface area (Å²) in [6.07, 6.45) is 0. The molecule has 8 heteroatoms. The molecule has 160 valence electrons. The summed E-state index contributed by atoms with van der Waals surface area (Å²) >= 11 is 5.08. The summed E-state index contributed by atoms with van der Waals surface area (Å²) in [5.74, 6) is 0.586. The number of hydrogen-bond acceptors (Lipinski definition) is 6. The Bertz CT molecular complexity index is 1480. The Kier molecular flexibility index (Phi) is 5.07. The first-order valence-electron chi connectivity index (χ1n) is 10.2. The van der Waals surface area contributed by atoms with Crippen LogP contribution in [-0.4, -0.2) is 31.8 Å². The number of aromatic amines is 1. The van der Waals surface area contributed by atoms with Crippen LogP contribution in [-0.2, 0) is 6.54 Å². The Morgan fingerprint density at radius 3 is 2.53 bits per heavy atom. The Balaban J connectivity index is 1.65. The fraction of sp³-hybridized carbons (Fsp3) is 0.167. The number of nitrogens with zero attached hydrogens (tertiary/aromatic N) is 4. The van der Waals surface area contributed by atoms with Crippen molar-refractivity contribution >= 4 is 23.4 Å². The van der Waals surface area contributed by atoms with Crippen LogP contribution in [0, 0.1) is 18.7 Å². The Hall–Kier alpha value is -3.78. The lowest BCUT2D eigenvalue weighted by Crippen LogP contribution is -2.04. The van der Waals surface area contributed by atoms with Gasteiger partial charge in [0.2, 0.25) is 0 Å². The van der Waals surface area contributed by atoms with Crippen molar-refractivity contribution in [1.29, 1.82) is 0 Å². The zero-order valence-electron chi connectivity index (χ0n) is 17.9. The maximum absolute atomic E-state index is 5.57. The van der Waals surface area contributed by atoms with Gasteiger partial charge in [0.1, 0.15) is 5.52 Å². The SMILES string of the molecule is COc1nc2c(C)cc(C)nc2n1Cc1ccc(-c2ccccc2)c(-c2nc(=S)o[nH]2)c1. The molecule has 0 amide bonds. The van der Waals surface area contributed by atoms with E-state index in [-0.39, 0.29) is 4.84 Å². The third-order valence-electron chi connectivity index (χ3n) is 5.37. The van der Waals surface area contributed by atoms with Crippen molar-refractivity contribution in [2.75, 3.05) is 7.11 Å². The second-order valence-electron chi connectivity index (χ2n) is 7.61. The fourth-order valence-electron chi connectivity index (χ4n) is 3.96. The average molecular weight is 444 g/mol. The molecular weight excluding hydrogens is 422 g/mol. The van der Waals surface area contributed by atoms with Gasteiger partial charge in [-0.2, -0.15) is 9.97 Å². The second kappa shape index (κ2) is 8.05. The van der Waals surface area contributed by atoms with Crippen LogP contribution >= 0.6 is 12.2 Å². The number of aryl methyl sites for hydroxylation is 2. The topological polar surface area (TPSA) is 81.8 Å². The van der Waals surface area contributed by atoms with E-state index in [1.165, 1.54) is 0 Å². The summed E-state index contributed by atoms with van der Waals surface area (Å²) in [4.78, 5) is 13.9. The van der Waals surface area contributed by atoms with Gasteiger partial charge in [0.25, 0.3) is 6.01 Å². The van der Waals surface area contributed by atoms with Crippen LogP contribution in [0.25, 0.3) is 33.7 Å². The van der Waals surface area contributed by atoms with E-state index in [0.717, 1.165) is 44.7 Å². The molecule has 0 unspecified atom stereocenters. The standard InChI is InChI=1S/C24H21N5O2S/c1-14-11-15(2)25-22-20(14)26-23(30-3)29(22)13-16-9-10-18(17-7-5-4-6-8-17)19(12-16)21-27-24(32)31-28-21/h4-12H,13H2,1-3H3,(H,27,28,32). The number of nitrogens with one attached hydrogen (secondary N) is 1. The normalized spacial score (nSPS) is 11.2. The average Bonchev–Trinajstić information content (AvgIpc) is 3.38. The van der Waals surface area contributed by atoms with Crippen LogP contribution in [0.4, 0.5) is 0 Å². The lowest BCUT2D eigenvalue weighted by atomic mass is 9.97. The maximum atomic E-state index is 5.57. The highest BCUT2D eigenvalue weighted by atomic mass is 32.1. The maximum Gasteiger partial charge on any atom is 0.314 e. The number of ether oxygens (including phenoxy) is 1. The van der Waals surface area contributed by atoms with Gasteiger partial charge in [-0.15, -0.1) is 0 Å². The quantitative estimate of drug-likeness (QED) is 0.362. The van der Waals surface area contributed by atoms with Gasteiger partial charge in [-0.05, 0) is 60.5 Å². The highest BCUT2D eigenvalue weighted by Gasteiger charge is 2.17. The smallest absolute Gasteiger partial charge is 0.314 e. The van der Waals surface area contributed by atoms with Crippen molar-refractivity contribution < 1.29 is 9.26 Å². The van der Waals surface area contributed by atoms with Crippen LogP contribution in [0.3, 0.4) is 0 Å². The van der Waals surface area contributed by atoms with E-state index in [0.29, 0.717) is 18.4 Å². The third-order valence-corrected chi connectivity index (χ3v) is 5.55. The van der Waals surface area contributed by atoms with Crippen LogP contribution in [0.5, 0.6) is 6.01 Å². The van der Waals surface area contributed by atoms with E-state index >= 15 is 0 Å². The summed E-state index contributed by atoms with van der Waals surface area (Å²) in [5.41, 5.74) is 7.70. The molecule has 0 aliphatic heterocycles.